The molecular weight excluding hydrogens is 273 g/mol. The summed E-state index contributed by atoms with van der Waals surface area (Å²) in [5.74, 6) is -2.54. The Balaban J connectivity index is 1.95. The second-order valence-corrected chi connectivity index (χ2v) is 5.37. The first-order chi connectivity index (χ1) is 9.15. The van der Waals surface area contributed by atoms with Gasteiger partial charge in [-0.2, -0.15) is 13.9 Å². The van der Waals surface area contributed by atoms with Crippen LogP contribution in [-0.2, 0) is 0 Å². The zero-order valence-corrected chi connectivity index (χ0v) is 10.7. The lowest BCUT2D eigenvalue weighted by molar-refractivity contribution is 0.251. The fraction of sp³-hybridized carbons (Fsp3) is 0.308. The van der Waals surface area contributed by atoms with E-state index in [1.807, 2.05) is 30.3 Å². The molecule has 2 unspecified atom stereocenters. The number of hydrogen-bond acceptors (Lipinski definition) is 2. The van der Waals surface area contributed by atoms with Crippen LogP contribution in [0, 0.1) is 0 Å². The van der Waals surface area contributed by atoms with Crippen LogP contribution in [0.1, 0.15) is 29.9 Å². The summed E-state index contributed by atoms with van der Waals surface area (Å²) in [6.45, 7) is 0. The minimum Gasteiger partial charge on any atom is -0.258 e. The van der Waals surface area contributed by atoms with Crippen LogP contribution in [0.5, 0.6) is 0 Å². The third kappa shape index (κ3) is 2.36. The summed E-state index contributed by atoms with van der Waals surface area (Å²) in [5, 5.41) is 4.27. The van der Waals surface area contributed by atoms with Gasteiger partial charge >= 0.3 is 0 Å². The van der Waals surface area contributed by atoms with E-state index in [-0.39, 0.29) is 11.1 Å². The van der Waals surface area contributed by atoms with E-state index in [1.165, 1.54) is 10.7 Å². The van der Waals surface area contributed by atoms with E-state index in [0.29, 0.717) is 23.9 Å². The first-order valence-electron chi connectivity index (χ1n) is 5.88. The van der Waals surface area contributed by atoms with E-state index in [0.717, 1.165) is 5.56 Å². The predicted octanol–water partition coefficient (Wildman–Crippen LogP) is 4.20. The van der Waals surface area contributed by atoms with Crippen LogP contribution in [0.3, 0.4) is 0 Å². The molecule has 2 heterocycles. The second kappa shape index (κ2) is 4.92. The molecule has 0 bridgehead atoms. The summed E-state index contributed by atoms with van der Waals surface area (Å²) < 4.78 is 40.1. The summed E-state index contributed by atoms with van der Waals surface area (Å²) in [6, 6.07) is 10.6. The number of thioether (sulfide) groups is 1. The van der Waals surface area contributed by atoms with Gasteiger partial charge in [0.1, 0.15) is 11.2 Å². The highest BCUT2D eigenvalue weighted by Crippen LogP contribution is 2.42. The van der Waals surface area contributed by atoms with Crippen molar-refractivity contribution in [1.82, 2.24) is 9.78 Å². The van der Waals surface area contributed by atoms with E-state index in [2.05, 4.69) is 5.10 Å². The molecule has 1 aromatic carbocycles. The Kier molecular flexibility index (Phi) is 3.26. The topological polar surface area (TPSA) is 17.8 Å². The lowest BCUT2D eigenvalue weighted by atomic mass is 10.0. The van der Waals surface area contributed by atoms with Crippen molar-refractivity contribution in [1.29, 1.82) is 0 Å². The highest BCUT2D eigenvalue weighted by Gasteiger charge is 2.34. The molecule has 1 aliphatic rings. The lowest BCUT2D eigenvalue weighted by Gasteiger charge is -2.11. The highest BCUT2D eigenvalue weighted by molar-refractivity contribution is 7.99. The molecule has 0 saturated carbocycles. The quantitative estimate of drug-likeness (QED) is 0.786. The molecule has 0 amide bonds. The number of alkyl halides is 3. The molecule has 2 nitrogen and oxygen atoms in total. The van der Waals surface area contributed by atoms with Crippen molar-refractivity contribution < 1.29 is 13.2 Å². The summed E-state index contributed by atoms with van der Waals surface area (Å²) in [7, 11) is 0. The maximum atomic E-state index is 13.9. The summed E-state index contributed by atoms with van der Waals surface area (Å²) in [6.07, 6.45) is -0.837. The zero-order chi connectivity index (χ0) is 13.4. The van der Waals surface area contributed by atoms with Gasteiger partial charge in [0.2, 0.25) is 0 Å². The Morgan fingerprint density at radius 1 is 1.26 bits per heavy atom. The summed E-state index contributed by atoms with van der Waals surface area (Å²) >= 11 is 0.350. The molecule has 0 aliphatic carbocycles. The van der Waals surface area contributed by atoms with Crippen LogP contribution in [0.15, 0.2) is 41.4 Å². The van der Waals surface area contributed by atoms with Gasteiger partial charge in [-0.15, -0.1) is 0 Å². The third-order valence-electron chi connectivity index (χ3n) is 3.18. The number of aromatic nitrogens is 2. The molecular formula is C13H11F3N2S. The van der Waals surface area contributed by atoms with Crippen LogP contribution >= 0.6 is 11.8 Å². The molecule has 2 atom stereocenters. The van der Waals surface area contributed by atoms with Crippen LogP contribution in [0.4, 0.5) is 13.2 Å². The molecule has 1 aromatic heterocycles. The number of halogens is 3. The maximum absolute atomic E-state index is 13.9. The molecule has 100 valence electrons. The minimum absolute atomic E-state index is 0.174. The number of hydrogen-bond donors (Lipinski definition) is 0. The van der Waals surface area contributed by atoms with E-state index >= 15 is 0 Å². The Bertz CT molecular complexity index is 571. The van der Waals surface area contributed by atoms with Crippen molar-refractivity contribution in [3.63, 3.8) is 0 Å². The molecule has 19 heavy (non-hydrogen) atoms. The van der Waals surface area contributed by atoms with Gasteiger partial charge in [-0.1, -0.05) is 30.3 Å². The Hall–Kier alpha value is -1.43. The Morgan fingerprint density at radius 2 is 2.00 bits per heavy atom. The molecule has 0 saturated heterocycles. The van der Waals surface area contributed by atoms with Gasteiger partial charge < -0.3 is 0 Å². The van der Waals surface area contributed by atoms with Crippen molar-refractivity contribution in [2.24, 2.45) is 0 Å². The van der Waals surface area contributed by atoms with Gasteiger partial charge in [-0.3, -0.25) is 4.68 Å². The number of rotatable bonds is 3. The molecule has 2 aromatic rings. The molecule has 1 aliphatic heterocycles. The first-order valence-corrected chi connectivity index (χ1v) is 6.76. The predicted molar refractivity (Wildman–Crippen MR) is 67.1 cm³/mol. The van der Waals surface area contributed by atoms with E-state index < -0.39 is 11.9 Å². The maximum Gasteiger partial charge on any atom is 0.290 e. The van der Waals surface area contributed by atoms with Crippen LogP contribution in [0.25, 0.3) is 0 Å². The zero-order valence-electron chi connectivity index (χ0n) is 9.84. The molecule has 0 N–H and O–H groups in total. The molecule has 0 radical (unpaired) electrons. The molecule has 0 fully saturated rings. The van der Waals surface area contributed by atoms with Crippen LogP contribution in [-0.4, -0.2) is 15.5 Å². The average Bonchev–Trinajstić information content (AvgIpc) is 2.90. The molecule has 0 spiro atoms. The molecule has 6 heteroatoms. The SMILES string of the molecule is FC(F)Sc1cc2n(n1)C(c1ccccc1)CC2F. The van der Waals surface area contributed by atoms with Crippen molar-refractivity contribution in [3.8, 4) is 0 Å². The Labute approximate surface area is 112 Å². The third-order valence-corrected chi connectivity index (χ3v) is 3.80. The fourth-order valence-corrected chi connectivity index (χ4v) is 2.89. The summed E-state index contributed by atoms with van der Waals surface area (Å²) in [5.41, 5.74) is 1.33. The highest BCUT2D eigenvalue weighted by atomic mass is 32.2. The van der Waals surface area contributed by atoms with E-state index in [4.69, 9.17) is 0 Å². The standard InChI is InChI=1S/C13H11F3N2S/c14-9-6-10(8-4-2-1-3-5-8)18-11(9)7-12(17-18)19-13(15)16/h1-5,7,9-10,13H,6H2. The minimum atomic E-state index is -2.54. The largest absolute Gasteiger partial charge is 0.290 e. The number of nitrogens with zero attached hydrogens (tertiary/aromatic N) is 2. The average molecular weight is 284 g/mol. The lowest BCUT2D eigenvalue weighted by Crippen LogP contribution is -2.07. The van der Waals surface area contributed by atoms with E-state index in [9.17, 15) is 13.2 Å². The molecule has 3 rings (SSSR count). The normalized spacial score (nSPS) is 21.9. The van der Waals surface area contributed by atoms with Gasteiger partial charge in [0, 0.05) is 6.42 Å². The van der Waals surface area contributed by atoms with E-state index in [1.54, 1.807) is 0 Å². The van der Waals surface area contributed by atoms with Crippen molar-refractivity contribution in [3.05, 3.63) is 47.7 Å². The van der Waals surface area contributed by atoms with Gasteiger partial charge in [-0.25, -0.2) is 4.39 Å². The Morgan fingerprint density at radius 3 is 2.68 bits per heavy atom. The fourth-order valence-electron chi connectivity index (χ4n) is 2.39. The van der Waals surface area contributed by atoms with Crippen molar-refractivity contribution in [2.45, 2.75) is 29.4 Å². The summed E-state index contributed by atoms with van der Waals surface area (Å²) in [4.78, 5) is 0. The smallest absolute Gasteiger partial charge is 0.258 e. The van der Waals surface area contributed by atoms with Crippen LogP contribution < -0.4 is 0 Å². The number of benzene rings is 1. The van der Waals surface area contributed by atoms with Gasteiger partial charge in [0.05, 0.1) is 11.7 Å². The van der Waals surface area contributed by atoms with Gasteiger partial charge in [-0.05, 0) is 23.4 Å². The van der Waals surface area contributed by atoms with Gasteiger partial charge in [0.25, 0.3) is 5.76 Å². The number of fused-ring (bicyclic) bond motifs is 1. The van der Waals surface area contributed by atoms with Crippen LogP contribution in [0.2, 0.25) is 0 Å². The second-order valence-electron chi connectivity index (χ2n) is 4.36. The van der Waals surface area contributed by atoms with Crippen molar-refractivity contribution >= 4 is 11.8 Å². The van der Waals surface area contributed by atoms with Gasteiger partial charge in [0.15, 0.2) is 0 Å². The monoisotopic (exact) mass is 284 g/mol. The van der Waals surface area contributed by atoms with Crippen molar-refractivity contribution in [2.75, 3.05) is 0 Å². The first kappa shape index (κ1) is 12.6.